The first kappa shape index (κ1) is 9.85. The summed E-state index contributed by atoms with van der Waals surface area (Å²) in [6, 6.07) is 0. The zero-order chi connectivity index (χ0) is 9.84. The van der Waals surface area contributed by atoms with Gasteiger partial charge < -0.3 is 14.3 Å². The molecule has 2 atom stereocenters. The number of hydrogen-bond acceptors (Lipinski definition) is 5. The monoisotopic (exact) mass is 186 g/mol. The molecule has 2 unspecified atom stereocenters. The summed E-state index contributed by atoms with van der Waals surface area (Å²) >= 11 is 0. The van der Waals surface area contributed by atoms with Crippen LogP contribution in [0.25, 0.3) is 0 Å². The molecule has 1 heterocycles. The fourth-order valence-electron chi connectivity index (χ4n) is 1.22. The van der Waals surface area contributed by atoms with Crippen molar-refractivity contribution in [1.29, 1.82) is 0 Å². The van der Waals surface area contributed by atoms with E-state index in [0.29, 0.717) is 6.29 Å². The number of carbonyl (C=O) groups is 3. The summed E-state index contributed by atoms with van der Waals surface area (Å²) in [6.07, 6.45) is -0.378. The van der Waals surface area contributed by atoms with Crippen LogP contribution in [0, 0.1) is 5.92 Å². The van der Waals surface area contributed by atoms with E-state index in [0.717, 1.165) is 0 Å². The van der Waals surface area contributed by atoms with Gasteiger partial charge in [-0.15, -0.1) is 0 Å². The quantitative estimate of drug-likeness (QED) is 0.430. The second-order valence-corrected chi connectivity index (χ2v) is 2.81. The van der Waals surface area contributed by atoms with Gasteiger partial charge in [-0.25, -0.2) is 0 Å². The van der Waals surface area contributed by atoms with Crippen molar-refractivity contribution >= 4 is 18.0 Å². The summed E-state index contributed by atoms with van der Waals surface area (Å²) in [6.45, 7) is -0.137. The van der Waals surface area contributed by atoms with Crippen molar-refractivity contribution in [1.82, 2.24) is 0 Å². The smallest absolute Gasteiger partial charge is 0.307 e. The molecule has 0 radical (unpaired) electrons. The Morgan fingerprint density at radius 3 is 3.00 bits per heavy atom. The maximum absolute atomic E-state index is 11.2. The molecule has 5 heteroatoms. The zero-order valence-electron chi connectivity index (χ0n) is 7.19. The van der Waals surface area contributed by atoms with Gasteiger partial charge in [-0.3, -0.25) is 9.59 Å². The summed E-state index contributed by atoms with van der Waals surface area (Å²) in [5.41, 5.74) is 0. The molecule has 0 aliphatic carbocycles. The molecule has 0 N–H and O–H groups in total. The van der Waals surface area contributed by atoms with Crippen LogP contribution in [-0.2, 0) is 23.9 Å². The Morgan fingerprint density at radius 2 is 2.46 bits per heavy atom. The van der Waals surface area contributed by atoms with Gasteiger partial charge in [-0.2, -0.15) is 0 Å². The van der Waals surface area contributed by atoms with Gasteiger partial charge in [0.15, 0.2) is 11.9 Å². The highest BCUT2D eigenvalue weighted by molar-refractivity contribution is 5.93. The third kappa shape index (κ3) is 2.12. The molecule has 0 aromatic carbocycles. The molecule has 72 valence electrons. The van der Waals surface area contributed by atoms with E-state index in [1.165, 1.54) is 7.11 Å². The van der Waals surface area contributed by atoms with Gasteiger partial charge in [0.2, 0.25) is 0 Å². The molecule has 1 rings (SSSR count). The van der Waals surface area contributed by atoms with E-state index >= 15 is 0 Å². The van der Waals surface area contributed by atoms with E-state index in [4.69, 9.17) is 0 Å². The second kappa shape index (κ2) is 4.13. The molecule has 0 bridgehead atoms. The van der Waals surface area contributed by atoms with Crippen molar-refractivity contribution in [3.63, 3.8) is 0 Å². The summed E-state index contributed by atoms with van der Waals surface area (Å²) < 4.78 is 9.27. The van der Waals surface area contributed by atoms with Crippen LogP contribution >= 0.6 is 0 Å². The normalized spacial score (nSPS) is 27.0. The fourth-order valence-corrected chi connectivity index (χ4v) is 1.22. The highest BCUT2D eigenvalue weighted by Crippen LogP contribution is 2.20. The highest BCUT2D eigenvalue weighted by Gasteiger charge is 2.39. The SMILES string of the molecule is COCC(=O)C1OC(=O)CC1C=O. The minimum Gasteiger partial charge on any atom is -0.453 e. The number of ketones is 1. The van der Waals surface area contributed by atoms with E-state index in [9.17, 15) is 14.4 Å². The Labute approximate surface area is 75.0 Å². The van der Waals surface area contributed by atoms with E-state index in [-0.39, 0.29) is 18.8 Å². The number of aldehydes is 1. The summed E-state index contributed by atoms with van der Waals surface area (Å²) in [5, 5.41) is 0. The Bertz CT molecular complexity index is 235. The first-order chi connectivity index (χ1) is 6.19. The van der Waals surface area contributed by atoms with E-state index in [1.54, 1.807) is 0 Å². The van der Waals surface area contributed by atoms with Crippen molar-refractivity contribution in [2.24, 2.45) is 5.92 Å². The molecule has 1 aliphatic heterocycles. The average molecular weight is 186 g/mol. The molecule has 5 nitrogen and oxygen atoms in total. The van der Waals surface area contributed by atoms with Gasteiger partial charge in [-0.05, 0) is 0 Å². The molecular formula is C8H10O5. The Hall–Kier alpha value is -1.23. The van der Waals surface area contributed by atoms with Crippen molar-refractivity contribution in [2.45, 2.75) is 12.5 Å². The largest absolute Gasteiger partial charge is 0.453 e. The lowest BCUT2D eigenvalue weighted by Crippen LogP contribution is -2.30. The molecule has 0 aromatic rings. The number of Topliss-reactive ketones (excluding diaryl/α,β-unsaturated/α-hetero) is 1. The number of hydrogen-bond donors (Lipinski definition) is 0. The molecule has 1 aliphatic rings. The van der Waals surface area contributed by atoms with Crippen LogP contribution in [0.3, 0.4) is 0 Å². The maximum Gasteiger partial charge on any atom is 0.307 e. The summed E-state index contributed by atoms with van der Waals surface area (Å²) in [5.74, 6) is -1.52. The molecule has 1 fully saturated rings. The highest BCUT2D eigenvalue weighted by atomic mass is 16.6. The third-order valence-corrected chi connectivity index (χ3v) is 1.83. The topological polar surface area (TPSA) is 69.7 Å². The van der Waals surface area contributed by atoms with Crippen LogP contribution < -0.4 is 0 Å². The predicted octanol–water partition coefficient (Wildman–Crippen LogP) is -0.668. The lowest BCUT2D eigenvalue weighted by atomic mass is 10.0. The lowest BCUT2D eigenvalue weighted by Gasteiger charge is -2.10. The first-order valence-corrected chi connectivity index (χ1v) is 3.85. The molecule has 1 saturated heterocycles. The van der Waals surface area contributed by atoms with E-state index in [2.05, 4.69) is 9.47 Å². The number of carbonyl (C=O) groups excluding carboxylic acids is 3. The summed E-state index contributed by atoms with van der Waals surface area (Å²) in [4.78, 5) is 32.4. The summed E-state index contributed by atoms with van der Waals surface area (Å²) in [7, 11) is 1.37. The average Bonchev–Trinajstić information content (AvgIpc) is 2.47. The van der Waals surface area contributed by atoms with Crippen LogP contribution in [0.2, 0.25) is 0 Å². The van der Waals surface area contributed by atoms with Crippen molar-refractivity contribution in [3.05, 3.63) is 0 Å². The van der Waals surface area contributed by atoms with Crippen LogP contribution in [-0.4, -0.2) is 37.9 Å². The minimum absolute atomic E-state index is 0.0103. The molecular weight excluding hydrogens is 176 g/mol. The molecule has 0 spiro atoms. The van der Waals surface area contributed by atoms with Crippen molar-refractivity contribution in [3.8, 4) is 0 Å². The van der Waals surface area contributed by atoms with Gasteiger partial charge in [0, 0.05) is 7.11 Å². The molecule has 0 aromatic heterocycles. The minimum atomic E-state index is -0.940. The first-order valence-electron chi connectivity index (χ1n) is 3.85. The number of cyclic esters (lactones) is 1. The molecule has 0 saturated carbocycles. The van der Waals surface area contributed by atoms with Gasteiger partial charge in [0.1, 0.15) is 12.9 Å². The Kier molecular flexibility index (Phi) is 3.13. The van der Waals surface area contributed by atoms with Crippen molar-refractivity contribution < 1.29 is 23.9 Å². The van der Waals surface area contributed by atoms with Crippen LogP contribution in [0.4, 0.5) is 0 Å². The Morgan fingerprint density at radius 1 is 1.77 bits per heavy atom. The van der Waals surface area contributed by atoms with Gasteiger partial charge in [0.05, 0.1) is 12.3 Å². The molecule has 13 heavy (non-hydrogen) atoms. The van der Waals surface area contributed by atoms with E-state index < -0.39 is 18.0 Å². The Balaban J connectivity index is 2.62. The van der Waals surface area contributed by atoms with Gasteiger partial charge >= 0.3 is 5.97 Å². The number of methoxy groups -OCH3 is 1. The molecule has 0 amide bonds. The maximum atomic E-state index is 11.2. The standard InChI is InChI=1S/C8H10O5/c1-12-4-6(10)8-5(3-9)2-7(11)13-8/h3,5,8H,2,4H2,1H3. The number of ether oxygens (including phenoxy) is 2. The fraction of sp³-hybridized carbons (Fsp3) is 0.625. The number of rotatable bonds is 4. The van der Waals surface area contributed by atoms with Crippen LogP contribution in [0.1, 0.15) is 6.42 Å². The zero-order valence-corrected chi connectivity index (χ0v) is 7.19. The number of esters is 1. The predicted molar refractivity (Wildman–Crippen MR) is 40.9 cm³/mol. The van der Waals surface area contributed by atoms with E-state index in [1.807, 2.05) is 0 Å². The van der Waals surface area contributed by atoms with Crippen LogP contribution in [0.15, 0.2) is 0 Å². The van der Waals surface area contributed by atoms with Gasteiger partial charge in [-0.1, -0.05) is 0 Å². The second-order valence-electron chi connectivity index (χ2n) is 2.81. The van der Waals surface area contributed by atoms with Crippen molar-refractivity contribution in [2.75, 3.05) is 13.7 Å². The van der Waals surface area contributed by atoms with Gasteiger partial charge in [0.25, 0.3) is 0 Å². The lowest BCUT2D eigenvalue weighted by molar-refractivity contribution is -0.149. The third-order valence-electron chi connectivity index (χ3n) is 1.83. The van der Waals surface area contributed by atoms with Crippen LogP contribution in [0.5, 0.6) is 0 Å².